The molecule has 0 aliphatic heterocycles. The summed E-state index contributed by atoms with van der Waals surface area (Å²) >= 11 is 0. The van der Waals surface area contributed by atoms with Crippen molar-refractivity contribution in [3.63, 3.8) is 0 Å². The van der Waals surface area contributed by atoms with E-state index in [4.69, 9.17) is 10.2 Å². The summed E-state index contributed by atoms with van der Waals surface area (Å²) in [5.41, 5.74) is -0.445. The first kappa shape index (κ1) is 16.2. The summed E-state index contributed by atoms with van der Waals surface area (Å²) in [6.45, 7) is 5.50. The average molecular weight is 260 g/mol. The van der Waals surface area contributed by atoms with E-state index < -0.39 is 29.6 Å². The second kappa shape index (κ2) is 6.83. The maximum atomic E-state index is 11.5. The fraction of sp³-hybridized carbons (Fsp3) is 0.727. The number of hydrogen-bond donors (Lipinski definition) is 4. The molecular formula is C11H20N2O5. The van der Waals surface area contributed by atoms with Crippen LogP contribution in [0.1, 0.15) is 40.0 Å². The summed E-state index contributed by atoms with van der Waals surface area (Å²) in [5, 5.41) is 22.2. The van der Waals surface area contributed by atoms with Crippen molar-refractivity contribution in [2.24, 2.45) is 0 Å². The fourth-order valence-corrected chi connectivity index (χ4v) is 1.12. The van der Waals surface area contributed by atoms with E-state index in [0.717, 1.165) is 0 Å². The Labute approximate surface area is 106 Å². The lowest BCUT2D eigenvalue weighted by atomic mass is 10.0. The van der Waals surface area contributed by atoms with Gasteiger partial charge in [0.1, 0.15) is 6.04 Å². The van der Waals surface area contributed by atoms with Crippen LogP contribution in [0, 0.1) is 0 Å². The highest BCUT2D eigenvalue weighted by molar-refractivity contribution is 5.83. The molecule has 0 rings (SSSR count). The molecule has 0 saturated heterocycles. The Kier molecular flexibility index (Phi) is 6.15. The largest absolute Gasteiger partial charge is 0.481 e. The van der Waals surface area contributed by atoms with E-state index in [1.165, 1.54) is 0 Å². The molecule has 4 N–H and O–H groups in total. The molecular weight excluding hydrogens is 240 g/mol. The molecule has 0 aliphatic carbocycles. The van der Waals surface area contributed by atoms with Gasteiger partial charge in [0, 0.05) is 12.0 Å². The molecule has 0 bridgehead atoms. The quantitative estimate of drug-likeness (QED) is 0.540. The fourth-order valence-electron chi connectivity index (χ4n) is 1.12. The van der Waals surface area contributed by atoms with Crippen LogP contribution >= 0.6 is 0 Å². The van der Waals surface area contributed by atoms with Gasteiger partial charge in [-0.15, -0.1) is 0 Å². The Hall–Kier alpha value is -1.79. The molecule has 18 heavy (non-hydrogen) atoms. The number of rotatable bonds is 7. The van der Waals surface area contributed by atoms with Crippen molar-refractivity contribution in [2.75, 3.05) is 0 Å². The van der Waals surface area contributed by atoms with Gasteiger partial charge in [0.15, 0.2) is 0 Å². The van der Waals surface area contributed by atoms with E-state index in [0.29, 0.717) is 6.42 Å². The van der Waals surface area contributed by atoms with E-state index in [9.17, 15) is 14.4 Å². The highest BCUT2D eigenvalue weighted by Crippen LogP contribution is 2.06. The van der Waals surface area contributed by atoms with Crippen molar-refractivity contribution in [1.82, 2.24) is 10.6 Å². The van der Waals surface area contributed by atoms with Gasteiger partial charge in [0.2, 0.25) is 0 Å². The molecule has 0 aromatic carbocycles. The zero-order chi connectivity index (χ0) is 14.3. The van der Waals surface area contributed by atoms with Crippen LogP contribution in [0.15, 0.2) is 0 Å². The Morgan fingerprint density at radius 3 is 2.17 bits per heavy atom. The molecule has 0 aliphatic rings. The third kappa shape index (κ3) is 6.72. The molecule has 0 aromatic rings. The van der Waals surface area contributed by atoms with Gasteiger partial charge in [0.25, 0.3) is 0 Å². The van der Waals surface area contributed by atoms with Crippen LogP contribution in [0.2, 0.25) is 0 Å². The van der Waals surface area contributed by atoms with Gasteiger partial charge in [-0.2, -0.15) is 0 Å². The number of carbonyl (C=O) groups excluding carboxylic acids is 1. The van der Waals surface area contributed by atoms with Crippen LogP contribution < -0.4 is 10.6 Å². The number of hydrogen-bond acceptors (Lipinski definition) is 3. The van der Waals surface area contributed by atoms with Crippen LogP contribution in [-0.4, -0.2) is 39.8 Å². The summed E-state index contributed by atoms with van der Waals surface area (Å²) < 4.78 is 0. The Balaban J connectivity index is 4.37. The van der Waals surface area contributed by atoms with E-state index in [2.05, 4.69) is 10.6 Å². The summed E-state index contributed by atoms with van der Waals surface area (Å²) in [6.07, 6.45) is 0.229. The van der Waals surface area contributed by atoms with Crippen LogP contribution in [-0.2, 0) is 9.59 Å². The lowest BCUT2D eigenvalue weighted by molar-refractivity contribution is -0.140. The predicted molar refractivity (Wildman–Crippen MR) is 64.3 cm³/mol. The lowest BCUT2D eigenvalue weighted by Gasteiger charge is -2.25. The van der Waals surface area contributed by atoms with Crippen molar-refractivity contribution in [1.29, 1.82) is 0 Å². The molecule has 0 unspecified atom stereocenters. The minimum atomic E-state index is -1.25. The predicted octanol–water partition coefficient (Wildman–Crippen LogP) is 0.792. The maximum Gasteiger partial charge on any atom is 0.326 e. The van der Waals surface area contributed by atoms with E-state index in [1.807, 2.05) is 6.92 Å². The van der Waals surface area contributed by atoms with E-state index >= 15 is 0 Å². The van der Waals surface area contributed by atoms with Crippen molar-refractivity contribution in [2.45, 2.75) is 51.6 Å². The van der Waals surface area contributed by atoms with Crippen molar-refractivity contribution >= 4 is 18.0 Å². The molecule has 0 aromatic heterocycles. The molecule has 7 nitrogen and oxygen atoms in total. The van der Waals surface area contributed by atoms with Crippen LogP contribution in [0.4, 0.5) is 4.79 Å². The molecule has 0 heterocycles. The van der Waals surface area contributed by atoms with E-state index in [-0.39, 0.29) is 12.8 Å². The van der Waals surface area contributed by atoms with E-state index in [1.54, 1.807) is 13.8 Å². The normalized spacial score (nSPS) is 12.6. The van der Waals surface area contributed by atoms with Crippen LogP contribution in [0.5, 0.6) is 0 Å². The van der Waals surface area contributed by atoms with Gasteiger partial charge in [-0.25, -0.2) is 9.59 Å². The highest BCUT2D eigenvalue weighted by Gasteiger charge is 2.24. The molecule has 7 heteroatoms. The highest BCUT2D eigenvalue weighted by atomic mass is 16.4. The first-order valence-electron chi connectivity index (χ1n) is 5.71. The minimum absolute atomic E-state index is 0.148. The number of carboxylic acid groups (broad SMARTS) is 2. The molecule has 104 valence electrons. The average Bonchev–Trinajstić information content (AvgIpc) is 2.22. The lowest BCUT2D eigenvalue weighted by Crippen LogP contribution is -2.52. The summed E-state index contributed by atoms with van der Waals surface area (Å²) in [5.74, 6) is -2.35. The number of amides is 2. The first-order chi connectivity index (χ1) is 8.18. The molecule has 0 fully saturated rings. The standard InChI is InChI=1S/C11H20N2O5/c1-4-11(2,3)13-10(18)12-7(9(16)17)5-6-8(14)15/h7H,4-6H2,1-3H3,(H,14,15)(H,16,17)(H2,12,13,18)/t7-/m0/s1. The van der Waals surface area contributed by atoms with Crippen molar-refractivity contribution in [3.05, 3.63) is 0 Å². The number of nitrogens with one attached hydrogen (secondary N) is 2. The number of carbonyl (C=O) groups is 3. The second-order valence-electron chi connectivity index (χ2n) is 4.66. The smallest absolute Gasteiger partial charge is 0.326 e. The zero-order valence-corrected chi connectivity index (χ0v) is 10.8. The monoisotopic (exact) mass is 260 g/mol. The van der Waals surface area contributed by atoms with Gasteiger partial charge >= 0.3 is 18.0 Å². The Bertz CT molecular complexity index is 327. The minimum Gasteiger partial charge on any atom is -0.481 e. The second-order valence-corrected chi connectivity index (χ2v) is 4.66. The van der Waals surface area contributed by atoms with Gasteiger partial charge in [0.05, 0.1) is 0 Å². The number of urea groups is 1. The van der Waals surface area contributed by atoms with Gasteiger partial charge < -0.3 is 20.8 Å². The topological polar surface area (TPSA) is 116 Å². The number of carboxylic acids is 2. The van der Waals surface area contributed by atoms with Gasteiger partial charge in [-0.3, -0.25) is 4.79 Å². The third-order valence-electron chi connectivity index (χ3n) is 2.59. The SMILES string of the molecule is CCC(C)(C)NC(=O)N[C@@H](CCC(=O)O)C(=O)O. The molecule has 2 amide bonds. The Morgan fingerprint density at radius 2 is 1.78 bits per heavy atom. The number of aliphatic carboxylic acids is 2. The first-order valence-corrected chi connectivity index (χ1v) is 5.71. The molecule has 0 spiro atoms. The third-order valence-corrected chi connectivity index (χ3v) is 2.59. The van der Waals surface area contributed by atoms with Crippen molar-refractivity contribution < 1.29 is 24.6 Å². The summed E-state index contributed by atoms with van der Waals surface area (Å²) in [6, 6.07) is -1.81. The molecule has 1 atom stereocenters. The maximum absolute atomic E-state index is 11.5. The van der Waals surface area contributed by atoms with Gasteiger partial charge in [-0.05, 0) is 26.7 Å². The van der Waals surface area contributed by atoms with Crippen molar-refractivity contribution in [3.8, 4) is 0 Å². The summed E-state index contributed by atoms with van der Waals surface area (Å²) in [7, 11) is 0. The summed E-state index contributed by atoms with van der Waals surface area (Å²) in [4.78, 5) is 32.8. The van der Waals surface area contributed by atoms with Crippen LogP contribution in [0.3, 0.4) is 0 Å². The zero-order valence-electron chi connectivity index (χ0n) is 10.8. The molecule has 0 saturated carbocycles. The van der Waals surface area contributed by atoms with Gasteiger partial charge in [-0.1, -0.05) is 6.92 Å². The molecule has 0 radical (unpaired) electrons. The Morgan fingerprint density at radius 1 is 1.22 bits per heavy atom. The van der Waals surface area contributed by atoms with Crippen LogP contribution in [0.25, 0.3) is 0 Å².